The molecule has 0 amide bonds. The maximum absolute atomic E-state index is 2.00. The van der Waals surface area contributed by atoms with Crippen molar-refractivity contribution in [1.29, 1.82) is 0 Å². The topological polar surface area (TPSA) is 0 Å². The van der Waals surface area contributed by atoms with Crippen LogP contribution in [-0.4, -0.2) is 8.41 Å². The quantitative estimate of drug-likeness (QED) is 0.295. The van der Waals surface area contributed by atoms with Gasteiger partial charge in [0.2, 0.25) is 0 Å². The van der Waals surface area contributed by atoms with E-state index in [0.717, 1.165) is 0 Å². The third-order valence-corrected chi connectivity index (χ3v) is 0.333. The molecule has 0 rings (SSSR count). The molecule has 0 aliphatic heterocycles. The van der Waals surface area contributed by atoms with Crippen molar-refractivity contribution in [3.8, 4) is 0 Å². The van der Waals surface area contributed by atoms with Crippen molar-refractivity contribution in [2.24, 2.45) is 0 Å². The van der Waals surface area contributed by atoms with Crippen LogP contribution in [0.1, 0.15) is 13.8 Å². The minimum absolute atomic E-state index is 0. The lowest BCUT2D eigenvalue weighted by Gasteiger charge is -1.49. The van der Waals surface area contributed by atoms with Crippen LogP contribution in [0.25, 0.3) is 0 Å². The van der Waals surface area contributed by atoms with E-state index in [1.165, 1.54) is 0 Å². The lowest BCUT2D eigenvalue weighted by atomic mass is 10.6. The molecule has 0 atom stereocenters. The van der Waals surface area contributed by atoms with Crippen LogP contribution in [0.2, 0.25) is 0 Å². The van der Waals surface area contributed by atoms with Crippen molar-refractivity contribution in [3.63, 3.8) is 0 Å². The van der Waals surface area contributed by atoms with Gasteiger partial charge in [0.15, 0.2) is 0 Å². The van der Waals surface area contributed by atoms with Gasteiger partial charge in [0.05, 0.1) is 0 Å². The second-order valence-corrected chi connectivity index (χ2v) is 0.667. The second kappa shape index (κ2) is 9.19. The van der Waals surface area contributed by atoms with E-state index in [9.17, 15) is 0 Å². The lowest BCUT2D eigenvalue weighted by Crippen LogP contribution is -1.26. The van der Waals surface area contributed by atoms with Gasteiger partial charge in [0.25, 0.3) is 0 Å². The normalized spacial score (nSPS) is 7.60. The summed E-state index contributed by atoms with van der Waals surface area (Å²) in [7, 11) is 0. The lowest BCUT2D eigenvalue weighted by molar-refractivity contribution is 1.64. The summed E-state index contributed by atoms with van der Waals surface area (Å²) in [5.41, 5.74) is 0. The molecule has 0 spiro atoms. The Morgan fingerprint density at radius 2 is 1.20 bits per heavy atom. The predicted octanol–water partition coefficient (Wildman–Crippen LogP) is 1.20. The number of hydrogen-bond donors (Lipinski definition) is 0. The molecule has 0 aromatic heterocycles. The van der Waals surface area contributed by atoms with Crippen LogP contribution < -0.4 is 0 Å². The van der Waals surface area contributed by atoms with Crippen molar-refractivity contribution >= 4 is 8.41 Å². The highest BCUT2D eigenvalue weighted by Gasteiger charge is 1.34. The Morgan fingerprint density at radius 3 is 1.20 bits per heavy atom. The van der Waals surface area contributed by atoms with Crippen molar-refractivity contribution in [2.75, 3.05) is 0 Å². The fourth-order valence-electron chi connectivity index (χ4n) is 0. The Hall–Kier alpha value is -0.195. The van der Waals surface area contributed by atoms with Gasteiger partial charge >= 0.3 is 0 Å². The van der Waals surface area contributed by atoms with Crippen LogP contribution in [-0.2, 0) is 0 Å². The van der Waals surface area contributed by atoms with Gasteiger partial charge in [-0.05, 0) is 13.8 Å². The van der Waals surface area contributed by atoms with Crippen molar-refractivity contribution < 1.29 is 0 Å². The zero-order valence-electron chi connectivity index (χ0n) is 3.73. The summed E-state index contributed by atoms with van der Waals surface area (Å²) in [6.45, 7) is 4.00. The van der Waals surface area contributed by atoms with Crippen LogP contribution in [0.4, 0.5) is 0 Å². The average Bonchev–Trinajstić information content (AvgIpc) is 1.37. The Bertz CT molecular complexity index is 18.8. The van der Waals surface area contributed by atoms with Gasteiger partial charge < -0.3 is 0 Å². The maximum Gasteiger partial charge on any atom is 0 e. The third kappa shape index (κ3) is 19.1. The largest absolute Gasteiger partial charge is 0.0919 e. The van der Waals surface area contributed by atoms with Crippen LogP contribution in [0, 0.1) is 0 Å². The first-order valence-electron chi connectivity index (χ1n) is 1.49. The summed E-state index contributed by atoms with van der Waals surface area (Å²) in [4.78, 5) is 0. The Balaban J connectivity index is 0. The van der Waals surface area contributed by atoms with Gasteiger partial charge in [-0.25, -0.2) is 0 Å². The minimum Gasteiger partial charge on any atom is -0.0919 e. The van der Waals surface area contributed by atoms with Crippen LogP contribution >= 0.6 is 0 Å². The fourth-order valence-corrected chi connectivity index (χ4v) is 0. The molecule has 0 N–H and O–H groups in total. The molecule has 0 unspecified atom stereocenters. The first kappa shape index (κ1) is 8.84. The average molecular weight is 66.9 g/mol. The molecule has 0 saturated carbocycles. The molecule has 0 aliphatic carbocycles. The molecule has 0 aliphatic rings. The molecule has 0 aromatic rings. The second-order valence-electron chi connectivity index (χ2n) is 0.667. The summed E-state index contributed by atoms with van der Waals surface area (Å²) in [6, 6.07) is 0. The Morgan fingerprint density at radius 1 is 1.00 bits per heavy atom. The molecule has 1 heteroatoms. The molecule has 3 radical (unpaired) electrons. The smallest absolute Gasteiger partial charge is 0 e. The summed E-state index contributed by atoms with van der Waals surface area (Å²) < 4.78 is 0. The highest BCUT2D eigenvalue weighted by molar-refractivity contribution is 5.75. The molecular formula is C4H8B. The molecule has 0 heterocycles. The summed E-state index contributed by atoms with van der Waals surface area (Å²) in [5.74, 6) is 0. The van der Waals surface area contributed by atoms with E-state index in [2.05, 4.69) is 0 Å². The molecule has 5 heavy (non-hydrogen) atoms. The van der Waals surface area contributed by atoms with E-state index in [4.69, 9.17) is 0 Å². The number of rotatable bonds is 0. The predicted molar refractivity (Wildman–Crippen MR) is 26.2 cm³/mol. The Labute approximate surface area is 35.5 Å². The summed E-state index contributed by atoms with van der Waals surface area (Å²) >= 11 is 0. The molecule has 0 saturated heterocycles. The molecule has 27 valence electrons. The van der Waals surface area contributed by atoms with Crippen molar-refractivity contribution in [2.45, 2.75) is 13.8 Å². The SMILES string of the molecule is CC=CC.[B]. The minimum atomic E-state index is 0. The fraction of sp³-hybridized carbons (Fsp3) is 0.500. The monoisotopic (exact) mass is 67.1 g/mol. The molecule has 0 nitrogen and oxygen atoms in total. The molecule has 0 aromatic carbocycles. The highest BCUT2D eigenvalue weighted by Crippen LogP contribution is 1.57. The van der Waals surface area contributed by atoms with Gasteiger partial charge in [0, 0.05) is 8.41 Å². The van der Waals surface area contributed by atoms with E-state index in [-0.39, 0.29) is 8.41 Å². The molecular weight excluding hydrogens is 58.9 g/mol. The third-order valence-electron chi connectivity index (χ3n) is 0.333. The standard InChI is InChI=1S/C4H8.B/c1-3-4-2;/h3-4H,1-2H3;. The highest BCUT2D eigenvalue weighted by atomic mass is 13.4. The number of hydrogen-bond acceptors (Lipinski definition) is 0. The zero-order valence-corrected chi connectivity index (χ0v) is 3.73. The van der Waals surface area contributed by atoms with Crippen LogP contribution in [0.3, 0.4) is 0 Å². The van der Waals surface area contributed by atoms with E-state index in [0.29, 0.717) is 0 Å². The van der Waals surface area contributed by atoms with Crippen molar-refractivity contribution in [1.82, 2.24) is 0 Å². The first-order chi connectivity index (χ1) is 1.91. The van der Waals surface area contributed by atoms with E-state index in [1.807, 2.05) is 26.0 Å². The van der Waals surface area contributed by atoms with Crippen LogP contribution in [0.5, 0.6) is 0 Å². The molecule has 0 fully saturated rings. The zero-order chi connectivity index (χ0) is 3.41. The van der Waals surface area contributed by atoms with Crippen molar-refractivity contribution in [3.05, 3.63) is 12.2 Å². The van der Waals surface area contributed by atoms with Crippen LogP contribution in [0.15, 0.2) is 12.2 Å². The van der Waals surface area contributed by atoms with Gasteiger partial charge in [0.1, 0.15) is 0 Å². The van der Waals surface area contributed by atoms with E-state index >= 15 is 0 Å². The number of allylic oxidation sites excluding steroid dienone is 2. The van der Waals surface area contributed by atoms with Gasteiger partial charge in [-0.3, -0.25) is 0 Å². The van der Waals surface area contributed by atoms with Gasteiger partial charge in [-0.15, -0.1) is 0 Å². The van der Waals surface area contributed by atoms with Gasteiger partial charge in [-0.2, -0.15) is 0 Å². The summed E-state index contributed by atoms with van der Waals surface area (Å²) in [6.07, 6.45) is 4.00. The first-order valence-corrected chi connectivity index (χ1v) is 1.49. The van der Waals surface area contributed by atoms with Gasteiger partial charge in [-0.1, -0.05) is 12.2 Å². The Kier molecular flexibility index (Phi) is 16.2. The molecule has 0 bridgehead atoms. The van der Waals surface area contributed by atoms with E-state index < -0.39 is 0 Å². The van der Waals surface area contributed by atoms with E-state index in [1.54, 1.807) is 0 Å². The maximum atomic E-state index is 2.00. The summed E-state index contributed by atoms with van der Waals surface area (Å²) in [5, 5.41) is 0.